The minimum Gasteiger partial charge on any atom is -0.413 e. The van der Waals surface area contributed by atoms with Crippen molar-refractivity contribution in [3.05, 3.63) is 34.9 Å². The molecule has 3 heteroatoms. The van der Waals surface area contributed by atoms with Crippen molar-refractivity contribution in [3.8, 4) is 0 Å². The van der Waals surface area contributed by atoms with E-state index in [4.69, 9.17) is 4.43 Å². The van der Waals surface area contributed by atoms with Gasteiger partial charge in [0.15, 0.2) is 8.32 Å². The van der Waals surface area contributed by atoms with Gasteiger partial charge in [-0.25, -0.2) is 0 Å². The summed E-state index contributed by atoms with van der Waals surface area (Å²) in [4.78, 5) is 0. The van der Waals surface area contributed by atoms with Gasteiger partial charge in [0.05, 0.1) is 13.2 Å². The fraction of sp³-hybridized carbons (Fsp3) is 0.600. The van der Waals surface area contributed by atoms with Crippen molar-refractivity contribution in [1.82, 2.24) is 0 Å². The van der Waals surface area contributed by atoms with Gasteiger partial charge in [0.25, 0.3) is 0 Å². The zero-order valence-electron chi connectivity index (χ0n) is 12.5. The van der Waals surface area contributed by atoms with Gasteiger partial charge in [-0.3, -0.25) is 0 Å². The van der Waals surface area contributed by atoms with Crippen molar-refractivity contribution in [1.29, 1.82) is 0 Å². The van der Waals surface area contributed by atoms with Crippen molar-refractivity contribution in [2.45, 2.75) is 59.0 Å². The molecule has 0 unspecified atom stereocenters. The molecule has 0 aliphatic carbocycles. The minimum absolute atomic E-state index is 0.0920. The Kier molecular flexibility index (Phi) is 4.76. The molecule has 0 saturated carbocycles. The van der Waals surface area contributed by atoms with Crippen LogP contribution in [0, 0.1) is 6.92 Å². The Morgan fingerprint density at radius 3 is 2.17 bits per heavy atom. The maximum absolute atomic E-state index is 9.21. The maximum Gasteiger partial charge on any atom is 0.192 e. The molecule has 0 atom stereocenters. The number of benzene rings is 1. The van der Waals surface area contributed by atoms with Crippen LogP contribution in [0.25, 0.3) is 0 Å². The van der Waals surface area contributed by atoms with Crippen LogP contribution in [-0.2, 0) is 17.6 Å². The summed E-state index contributed by atoms with van der Waals surface area (Å²) >= 11 is 0. The monoisotopic (exact) mass is 266 g/mol. The number of hydrogen-bond acceptors (Lipinski definition) is 2. The molecule has 0 fully saturated rings. The van der Waals surface area contributed by atoms with Gasteiger partial charge >= 0.3 is 0 Å². The highest BCUT2D eigenvalue weighted by Gasteiger charge is 2.36. The summed E-state index contributed by atoms with van der Waals surface area (Å²) in [5.74, 6) is 0. The molecular weight excluding hydrogens is 240 g/mol. The Hall–Kier alpha value is -0.643. The standard InChI is InChI=1S/C15H26O2Si/c1-12-7-13(10-16)9-14(8-12)11-17-18(5,6)15(2,3)4/h7-9,16H,10-11H2,1-6H3. The third kappa shape index (κ3) is 3.94. The molecule has 0 aliphatic rings. The van der Waals surface area contributed by atoms with Crippen LogP contribution in [0.2, 0.25) is 18.1 Å². The summed E-state index contributed by atoms with van der Waals surface area (Å²) in [5, 5.41) is 9.44. The summed E-state index contributed by atoms with van der Waals surface area (Å²) in [6, 6.07) is 6.17. The topological polar surface area (TPSA) is 29.5 Å². The molecular formula is C15H26O2Si. The lowest BCUT2D eigenvalue weighted by atomic mass is 10.1. The van der Waals surface area contributed by atoms with Gasteiger partial charge in [0.2, 0.25) is 0 Å². The molecule has 18 heavy (non-hydrogen) atoms. The lowest BCUT2D eigenvalue weighted by Crippen LogP contribution is -2.40. The Morgan fingerprint density at radius 2 is 1.67 bits per heavy atom. The van der Waals surface area contributed by atoms with E-state index in [1.165, 1.54) is 5.56 Å². The Balaban J connectivity index is 2.78. The van der Waals surface area contributed by atoms with Crippen molar-refractivity contribution in [2.24, 2.45) is 0 Å². The smallest absolute Gasteiger partial charge is 0.192 e. The molecule has 102 valence electrons. The van der Waals surface area contributed by atoms with E-state index >= 15 is 0 Å². The van der Waals surface area contributed by atoms with Crippen LogP contribution in [0.3, 0.4) is 0 Å². The van der Waals surface area contributed by atoms with Gasteiger partial charge in [0.1, 0.15) is 0 Å². The van der Waals surface area contributed by atoms with Crippen molar-refractivity contribution in [2.75, 3.05) is 0 Å². The molecule has 0 aliphatic heterocycles. The first-order chi connectivity index (χ1) is 8.15. The second-order valence-corrected chi connectivity index (χ2v) is 11.3. The van der Waals surface area contributed by atoms with E-state index in [1.807, 2.05) is 12.1 Å². The number of hydrogen-bond donors (Lipinski definition) is 1. The number of aliphatic hydroxyl groups excluding tert-OH is 1. The lowest BCUT2D eigenvalue weighted by Gasteiger charge is -2.36. The molecule has 0 heterocycles. The van der Waals surface area contributed by atoms with Crippen molar-refractivity contribution >= 4 is 8.32 Å². The largest absolute Gasteiger partial charge is 0.413 e. The first-order valence-electron chi connectivity index (χ1n) is 6.50. The molecule has 0 amide bonds. The van der Waals surface area contributed by atoms with Crippen LogP contribution in [0.4, 0.5) is 0 Å². The molecule has 1 aromatic carbocycles. The van der Waals surface area contributed by atoms with Crippen LogP contribution in [0.1, 0.15) is 37.5 Å². The number of aryl methyl sites for hydroxylation is 1. The molecule has 0 aromatic heterocycles. The van der Waals surface area contributed by atoms with Gasteiger partial charge in [0, 0.05) is 0 Å². The van der Waals surface area contributed by atoms with Gasteiger partial charge in [-0.2, -0.15) is 0 Å². The molecule has 1 rings (SSSR count). The van der Waals surface area contributed by atoms with E-state index in [0.29, 0.717) is 6.61 Å². The highest BCUT2D eigenvalue weighted by Crippen LogP contribution is 2.37. The summed E-state index contributed by atoms with van der Waals surface area (Å²) in [5.41, 5.74) is 3.29. The van der Waals surface area contributed by atoms with E-state index in [-0.39, 0.29) is 11.6 Å². The van der Waals surface area contributed by atoms with Gasteiger partial charge in [-0.1, -0.05) is 44.5 Å². The quantitative estimate of drug-likeness (QED) is 0.834. The van der Waals surface area contributed by atoms with E-state index in [9.17, 15) is 5.11 Å². The Labute approximate surface area is 112 Å². The predicted molar refractivity (Wildman–Crippen MR) is 79.1 cm³/mol. The van der Waals surface area contributed by atoms with Crippen LogP contribution in [0.15, 0.2) is 18.2 Å². The fourth-order valence-electron chi connectivity index (χ4n) is 1.60. The highest BCUT2D eigenvalue weighted by atomic mass is 28.4. The predicted octanol–water partition coefficient (Wildman–Crippen LogP) is 4.01. The van der Waals surface area contributed by atoms with Crippen molar-refractivity contribution in [3.63, 3.8) is 0 Å². The van der Waals surface area contributed by atoms with Crippen LogP contribution < -0.4 is 0 Å². The molecule has 0 spiro atoms. The molecule has 0 radical (unpaired) electrons. The molecule has 1 aromatic rings. The highest BCUT2D eigenvalue weighted by molar-refractivity contribution is 6.74. The summed E-state index contributed by atoms with van der Waals surface area (Å²) in [6.45, 7) is 14.0. The van der Waals surface area contributed by atoms with E-state index in [1.54, 1.807) is 0 Å². The number of aliphatic hydroxyl groups is 1. The van der Waals surface area contributed by atoms with Crippen LogP contribution in [0.5, 0.6) is 0 Å². The van der Waals surface area contributed by atoms with Gasteiger partial charge in [-0.15, -0.1) is 0 Å². The van der Waals surface area contributed by atoms with Crippen LogP contribution in [-0.4, -0.2) is 13.4 Å². The molecule has 1 N–H and O–H groups in total. The van der Waals surface area contributed by atoms with E-state index in [2.05, 4.69) is 46.9 Å². The fourth-order valence-corrected chi connectivity index (χ4v) is 2.56. The molecule has 0 bridgehead atoms. The normalized spacial score (nSPS) is 12.8. The Morgan fingerprint density at radius 1 is 1.11 bits per heavy atom. The summed E-state index contributed by atoms with van der Waals surface area (Å²) in [7, 11) is -1.70. The van der Waals surface area contributed by atoms with Crippen molar-refractivity contribution < 1.29 is 9.53 Å². The first kappa shape index (κ1) is 15.4. The Bertz CT molecular complexity index is 405. The summed E-state index contributed by atoms with van der Waals surface area (Å²) < 4.78 is 6.19. The minimum atomic E-state index is -1.70. The second kappa shape index (κ2) is 5.55. The SMILES string of the molecule is Cc1cc(CO)cc(CO[Si](C)(C)C(C)(C)C)c1. The van der Waals surface area contributed by atoms with Crippen LogP contribution >= 0.6 is 0 Å². The zero-order chi connectivity index (χ0) is 14.0. The average molecular weight is 266 g/mol. The second-order valence-electron chi connectivity index (χ2n) is 6.53. The van der Waals surface area contributed by atoms with E-state index < -0.39 is 8.32 Å². The third-order valence-electron chi connectivity index (χ3n) is 3.79. The average Bonchev–Trinajstić information content (AvgIpc) is 2.24. The number of rotatable bonds is 4. The first-order valence-corrected chi connectivity index (χ1v) is 9.41. The van der Waals surface area contributed by atoms with Gasteiger partial charge in [-0.05, 0) is 36.2 Å². The van der Waals surface area contributed by atoms with E-state index in [0.717, 1.165) is 11.1 Å². The lowest BCUT2D eigenvalue weighted by molar-refractivity contribution is 0.272. The third-order valence-corrected chi connectivity index (χ3v) is 8.26. The molecule has 0 saturated heterocycles. The maximum atomic E-state index is 9.21. The molecule has 2 nitrogen and oxygen atoms in total. The summed E-state index contributed by atoms with van der Waals surface area (Å²) in [6.07, 6.45) is 0. The zero-order valence-corrected chi connectivity index (χ0v) is 13.5. The van der Waals surface area contributed by atoms with Gasteiger partial charge < -0.3 is 9.53 Å².